The Hall–Kier alpha value is -0.0800. The van der Waals surface area contributed by atoms with Gasteiger partial charge in [-0.15, -0.1) is 0 Å². The van der Waals surface area contributed by atoms with Gasteiger partial charge in [0.05, 0.1) is 0 Å². The van der Waals surface area contributed by atoms with E-state index >= 15 is 0 Å². The Bertz CT molecular complexity index is 144. The minimum absolute atomic E-state index is 0.851. The van der Waals surface area contributed by atoms with E-state index in [9.17, 15) is 0 Å². The Kier molecular flexibility index (Phi) is 9.59. The molecule has 2 heteroatoms. The van der Waals surface area contributed by atoms with Crippen molar-refractivity contribution in [2.75, 3.05) is 13.1 Å². The van der Waals surface area contributed by atoms with E-state index in [1.165, 1.54) is 64.2 Å². The van der Waals surface area contributed by atoms with Crippen molar-refractivity contribution in [2.24, 2.45) is 0 Å². The molecule has 2 rings (SSSR count). The first-order valence-corrected chi connectivity index (χ1v) is 8.33. The molecule has 18 heavy (non-hydrogen) atoms. The normalized spacial score (nSPS) is 22.3. The molecule has 0 spiro atoms. The monoisotopic (exact) mass is 254 g/mol. The highest BCUT2D eigenvalue weighted by molar-refractivity contribution is 4.71. The standard InChI is InChI=1S/2C8H17N/c2*1-2-9-8-6-4-3-5-7-8/h2*8-9H,2-7H2,1H3. The lowest BCUT2D eigenvalue weighted by molar-refractivity contribution is 0.380. The molecule has 0 unspecified atom stereocenters. The van der Waals surface area contributed by atoms with E-state index in [2.05, 4.69) is 24.5 Å². The van der Waals surface area contributed by atoms with Gasteiger partial charge in [-0.2, -0.15) is 0 Å². The highest BCUT2D eigenvalue weighted by Gasteiger charge is 2.11. The summed E-state index contributed by atoms with van der Waals surface area (Å²) in [5.74, 6) is 0. The van der Waals surface area contributed by atoms with E-state index in [-0.39, 0.29) is 0 Å². The van der Waals surface area contributed by atoms with E-state index in [4.69, 9.17) is 0 Å². The van der Waals surface area contributed by atoms with Crippen LogP contribution in [-0.4, -0.2) is 25.2 Å². The van der Waals surface area contributed by atoms with Crippen LogP contribution >= 0.6 is 0 Å². The Morgan fingerprint density at radius 2 is 0.944 bits per heavy atom. The summed E-state index contributed by atoms with van der Waals surface area (Å²) >= 11 is 0. The molecule has 2 aliphatic rings. The highest BCUT2D eigenvalue weighted by Crippen LogP contribution is 2.17. The maximum absolute atomic E-state index is 3.48. The van der Waals surface area contributed by atoms with Gasteiger partial charge in [-0.25, -0.2) is 0 Å². The van der Waals surface area contributed by atoms with Gasteiger partial charge >= 0.3 is 0 Å². The van der Waals surface area contributed by atoms with Crippen LogP contribution in [0.25, 0.3) is 0 Å². The summed E-state index contributed by atoms with van der Waals surface area (Å²) in [5, 5.41) is 6.97. The Balaban J connectivity index is 0.000000180. The molecule has 0 amide bonds. The number of nitrogens with one attached hydrogen (secondary N) is 2. The summed E-state index contributed by atoms with van der Waals surface area (Å²) in [7, 11) is 0. The van der Waals surface area contributed by atoms with E-state index in [1.54, 1.807) is 0 Å². The lowest BCUT2D eigenvalue weighted by atomic mass is 9.96. The molecule has 0 aromatic rings. The number of hydrogen-bond donors (Lipinski definition) is 2. The van der Waals surface area contributed by atoms with Crippen LogP contribution < -0.4 is 10.6 Å². The summed E-state index contributed by atoms with van der Waals surface area (Å²) in [4.78, 5) is 0. The smallest absolute Gasteiger partial charge is 0.00669 e. The first kappa shape index (κ1) is 16.0. The van der Waals surface area contributed by atoms with Gasteiger partial charge < -0.3 is 10.6 Å². The van der Waals surface area contributed by atoms with Gasteiger partial charge in [-0.1, -0.05) is 52.4 Å². The van der Waals surface area contributed by atoms with Crippen LogP contribution in [0.15, 0.2) is 0 Å². The molecule has 0 aliphatic heterocycles. The summed E-state index contributed by atoms with van der Waals surface area (Å²) in [6, 6.07) is 1.70. The van der Waals surface area contributed by atoms with Crippen molar-refractivity contribution in [3.05, 3.63) is 0 Å². The van der Waals surface area contributed by atoms with Crippen molar-refractivity contribution in [3.63, 3.8) is 0 Å². The Morgan fingerprint density at radius 3 is 1.22 bits per heavy atom. The summed E-state index contributed by atoms with van der Waals surface area (Å²) in [6.07, 6.45) is 14.3. The van der Waals surface area contributed by atoms with Gasteiger partial charge in [0.25, 0.3) is 0 Å². The van der Waals surface area contributed by atoms with Gasteiger partial charge in [-0.3, -0.25) is 0 Å². The molecule has 2 N–H and O–H groups in total. The molecule has 2 nitrogen and oxygen atoms in total. The van der Waals surface area contributed by atoms with Crippen LogP contribution in [0.2, 0.25) is 0 Å². The molecule has 2 aliphatic carbocycles. The molecule has 0 bridgehead atoms. The topological polar surface area (TPSA) is 24.1 Å². The van der Waals surface area contributed by atoms with Crippen molar-refractivity contribution < 1.29 is 0 Å². The summed E-state index contributed by atoms with van der Waals surface area (Å²) in [6.45, 7) is 6.67. The van der Waals surface area contributed by atoms with Crippen molar-refractivity contribution in [2.45, 2.75) is 90.1 Å². The van der Waals surface area contributed by atoms with Crippen molar-refractivity contribution in [1.29, 1.82) is 0 Å². The van der Waals surface area contributed by atoms with E-state index in [0.717, 1.165) is 25.2 Å². The largest absolute Gasteiger partial charge is 0.314 e. The third kappa shape index (κ3) is 7.38. The Morgan fingerprint density at radius 1 is 0.611 bits per heavy atom. The molecular weight excluding hydrogens is 220 g/mol. The van der Waals surface area contributed by atoms with Crippen LogP contribution in [0, 0.1) is 0 Å². The first-order chi connectivity index (χ1) is 8.86. The number of hydrogen-bond acceptors (Lipinski definition) is 2. The van der Waals surface area contributed by atoms with Crippen LogP contribution in [0.5, 0.6) is 0 Å². The van der Waals surface area contributed by atoms with Gasteiger partial charge in [0.1, 0.15) is 0 Å². The van der Waals surface area contributed by atoms with Crippen molar-refractivity contribution in [1.82, 2.24) is 10.6 Å². The molecule has 2 fully saturated rings. The van der Waals surface area contributed by atoms with E-state index in [1.807, 2.05) is 0 Å². The third-order valence-corrected chi connectivity index (χ3v) is 4.20. The maximum atomic E-state index is 3.48. The second-order valence-electron chi connectivity index (χ2n) is 5.79. The predicted molar refractivity (Wildman–Crippen MR) is 81.1 cm³/mol. The highest BCUT2D eigenvalue weighted by atomic mass is 14.9. The lowest BCUT2D eigenvalue weighted by Crippen LogP contribution is -2.30. The van der Waals surface area contributed by atoms with Gasteiger partial charge in [-0.05, 0) is 38.8 Å². The van der Waals surface area contributed by atoms with Crippen molar-refractivity contribution in [3.8, 4) is 0 Å². The zero-order valence-electron chi connectivity index (χ0n) is 12.6. The molecule has 0 aromatic carbocycles. The fourth-order valence-electron chi connectivity index (χ4n) is 3.19. The number of rotatable bonds is 4. The average Bonchev–Trinajstić information content (AvgIpc) is 2.43. The molecule has 0 aromatic heterocycles. The summed E-state index contributed by atoms with van der Waals surface area (Å²) in [5.41, 5.74) is 0. The fraction of sp³-hybridized carbons (Fsp3) is 1.00. The van der Waals surface area contributed by atoms with Crippen LogP contribution in [0.4, 0.5) is 0 Å². The molecule has 0 atom stereocenters. The van der Waals surface area contributed by atoms with E-state index in [0.29, 0.717) is 0 Å². The quantitative estimate of drug-likeness (QED) is 0.796. The summed E-state index contributed by atoms with van der Waals surface area (Å²) < 4.78 is 0. The minimum Gasteiger partial charge on any atom is -0.314 e. The molecule has 108 valence electrons. The zero-order valence-corrected chi connectivity index (χ0v) is 12.6. The van der Waals surface area contributed by atoms with Crippen LogP contribution in [-0.2, 0) is 0 Å². The van der Waals surface area contributed by atoms with E-state index < -0.39 is 0 Å². The van der Waals surface area contributed by atoms with Crippen molar-refractivity contribution >= 4 is 0 Å². The van der Waals surface area contributed by atoms with Crippen LogP contribution in [0.3, 0.4) is 0 Å². The Labute approximate surface area is 114 Å². The minimum atomic E-state index is 0.851. The lowest BCUT2D eigenvalue weighted by Gasteiger charge is -2.21. The average molecular weight is 254 g/mol. The second-order valence-corrected chi connectivity index (χ2v) is 5.79. The first-order valence-electron chi connectivity index (χ1n) is 8.33. The molecule has 0 radical (unpaired) electrons. The van der Waals surface area contributed by atoms with Gasteiger partial charge in [0.15, 0.2) is 0 Å². The maximum Gasteiger partial charge on any atom is 0.00669 e. The molecule has 2 saturated carbocycles. The van der Waals surface area contributed by atoms with Crippen LogP contribution in [0.1, 0.15) is 78.1 Å². The second kappa shape index (κ2) is 10.8. The molecule has 0 saturated heterocycles. The zero-order chi connectivity index (χ0) is 13.1. The fourth-order valence-corrected chi connectivity index (χ4v) is 3.19. The van der Waals surface area contributed by atoms with Gasteiger partial charge in [0, 0.05) is 12.1 Å². The van der Waals surface area contributed by atoms with Gasteiger partial charge in [0.2, 0.25) is 0 Å². The SMILES string of the molecule is CCNC1CCCCC1.CCNC1CCCCC1. The predicted octanol–water partition coefficient (Wildman–Crippen LogP) is 3.86. The third-order valence-electron chi connectivity index (χ3n) is 4.20. The molecule has 0 heterocycles. The molecular formula is C16H34N2.